The predicted molar refractivity (Wildman–Crippen MR) is 42.1 cm³/mol. The quantitative estimate of drug-likeness (QED) is 0.545. The Balaban J connectivity index is 2.42. The van der Waals surface area contributed by atoms with Crippen LogP contribution in [0.5, 0.6) is 0 Å². The fourth-order valence-corrected chi connectivity index (χ4v) is 1.38. The average Bonchev–Trinajstić information content (AvgIpc) is 1.95. The minimum atomic E-state index is 0.596. The molecule has 2 atom stereocenters. The zero-order chi connectivity index (χ0) is 7.56. The molecule has 0 unspecified atom stereocenters. The number of rotatable bonds is 1. The van der Waals surface area contributed by atoms with E-state index in [2.05, 4.69) is 25.8 Å². The molecule has 1 rings (SSSR count). The van der Waals surface area contributed by atoms with Gasteiger partial charge in [0.15, 0.2) is 0 Å². The number of hydrogen-bond donors (Lipinski definition) is 0. The highest BCUT2D eigenvalue weighted by Crippen LogP contribution is 2.12. The van der Waals surface area contributed by atoms with Gasteiger partial charge in [0.05, 0.1) is 13.2 Å². The molecule has 0 aromatic rings. The maximum Gasteiger partial charge on any atom is 0.0622 e. The van der Waals surface area contributed by atoms with Crippen LogP contribution in [0.1, 0.15) is 20.3 Å². The average molecular weight is 143 g/mol. The van der Waals surface area contributed by atoms with Crippen molar-refractivity contribution in [2.24, 2.45) is 0 Å². The highest BCUT2D eigenvalue weighted by atomic mass is 16.5. The van der Waals surface area contributed by atoms with E-state index in [1.54, 1.807) is 0 Å². The molecular formula is C8H17NO. The summed E-state index contributed by atoms with van der Waals surface area (Å²) in [6.07, 6.45) is 1.20. The van der Waals surface area contributed by atoms with Crippen molar-refractivity contribution < 1.29 is 4.74 Å². The lowest BCUT2D eigenvalue weighted by Crippen LogP contribution is -2.48. The van der Waals surface area contributed by atoms with Crippen molar-refractivity contribution >= 4 is 0 Å². The van der Waals surface area contributed by atoms with E-state index < -0.39 is 0 Å². The molecular weight excluding hydrogens is 126 g/mol. The first-order chi connectivity index (χ1) is 4.75. The molecule has 0 spiro atoms. The summed E-state index contributed by atoms with van der Waals surface area (Å²) in [6.45, 7) is 6.23. The Hall–Kier alpha value is -0.0800. The van der Waals surface area contributed by atoms with Crippen LogP contribution in [0.2, 0.25) is 0 Å². The monoisotopic (exact) mass is 143 g/mol. The number of ether oxygens (including phenoxy) is 1. The van der Waals surface area contributed by atoms with Gasteiger partial charge in [0, 0.05) is 12.1 Å². The molecule has 1 aliphatic rings. The molecule has 0 radical (unpaired) electrons. The molecule has 0 aromatic heterocycles. The fraction of sp³-hybridized carbons (Fsp3) is 1.00. The van der Waals surface area contributed by atoms with Gasteiger partial charge in [-0.15, -0.1) is 0 Å². The maximum atomic E-state index is 5.41. The molecule has 60 valence electrons. The number of nitrogens with zero attached hydrogens (tertiary/aromatic N) is 1. The van der Waals surface area contributed by atoms with Gasteiger partial charge in [0.2, 0.25) is 0 Å². The van der Waals surface area contributed by atoms with Crippen molar-refractivity contribution in [1.29, 1.82) is 0 Å². The predicted octanol–water partition coefficient (Wildman–Crippen LogP) is 1.12. The van der Waals surface area contributed by atoms with Crippen LogP contribution in [0.4, 0.5) is 0 Å². The second kappa shape index (κ2) is 3.35. The fourth-order valence-electron chi connectivity index (χ4n) is 1.38. The van der Waals surface area contributed by atoms with Gasteiger partial charge in [-0.1, -0.05) is 6.92 Å². The van der Waals surface area contributed by atoms with Crippen LogP contribution in [0.3, 0.4) is 0 Å². The van der Waals surface area contributed by atoms with Crippen molar-refractivity contribution in [2.45, 2.75) is 32.4 Å². The number of likely N-dealkylation sites (N-methyl/N-ethyl adjacent to an activating group) is 1. The van der Waals surface area contributed by atoms with Gasteiger partial charge in [0.1, 0.15) is 0 Å². The van der Waals surface area contributed by atoms with Gasteiger partial charge >= 0.3 is 0 Å². The summed E-state index contributed by atoms with van der Waals surface area (Å²) in [4.78, 5) is 2.41. The van der Waals surface area contributed by atoms with E-state index in [1.807, 2.05) is 0 Å². The van der Waals surface area contributed by atoms with E-state index in [0.717, 1.165) is 13.2 Å². The van der Waals surface area contributed by atoms with Crippen molar-refractivity contribution in [1.82, 2.24) is 4.90 Å². The molecule has 0 N–H and O–H groups in total. The highest BCUT2D eigenvalue weighted by Gasteiger charge is 2.22. The maximum absolute atomic E-state index is 5.41. The SMILES string of the molecule is CC[C@@H]1COC[C@@H](C)N1C. The third-order valence-corrected chi connectivity index (χ3v) is 2.41. The van der Waals surface area contributed by atoms with Crippen LogP contribution >= 0.6 is 0 Å². The Morgan fingerprint density at radius 2 is 2.20 bits per heavy atom. The molecule has 0 bridgehead atoms. The molecule has 1 heterocycles. The molecule has 0 saturated carbocycles. The molecule has 10 heavy (non-hydrogen) atoms. The molecule has 1 saturated heterocycles. The van der Waals surface area contributed by atoms with Crippen LogP contribution < -0.4 is 0 Å². The van der Waals surface area contributed by atoms with Crippen molar-refractivity contribution in [2.75, 3.05) is 20.3 Å². The molecule has 0 aliphatic carbocycles. The molecule has 0 aromatic carbocycles. The smallest absolute Gasteiger partial charge is 0.0622 e. The largest absolute Gasteiger partial charge is 0.378 e. The first kappa shape index (κ1) is 8.02. The molecule has 1 fully saturated rings. The molecule has 0 amide bonds. The lowest BCUT2D eigenvalue weighted by Gasteiger charge is -2.37. The second-order valence-corrected chi connectivity index (χ2v) is 3.11. The van der Waals surface area contributed by atoms with E-state index in [9.17, 15) is 0 Å². The van der Waals surface area contributed by atoms with Crippen LogP contribution in [0, 0.1) is 0 Å². The van der Waals surface area contributed by atoms with Gasteiger partial charge in [-0.3, -0.25) is 4.90 Å². The standard InChI is InChI=1S/C8H17NO/c1-4-8-6-10-5-7(2)9(8)3/h7-8H,4-6H2,1-3H3/t7-,8-/m1/s1. The van der Waals surface area contributed by atoms with Crippen molar-refractivity contribution in [3.05, 3.63) is 0 Å². The van der Waals surface area contributed by atoms with Gasteiger partial charge in [0.25, 0.3) is 0 Å². The summed E-state index contributed by atoms with van der Waals surface area (Å²) < 4.78 is 5.41. The topological polar surface area (TPSA) is 12.5 Å². The first-order valence-corrected chi connectivity index (χ1v) is 4.05. The Bertz CT molecular complexity index is 105. The van der Waals surface area contributed by atoms with E-state index in [4.69, 9.17) is 4.74 Å². The van der Waals surface area contributed by atoms with Crippen molar-refractivity contribution in [3.63, 3.8) is 0 Å². The summed E-state index contributed by atoms with van der Waals surface area (Å²) >= 11 is 0. The van der Waals surface area contributed by atoms with Gasteiger partial charge in [-0.2, -0.15) is 0 Å². The van der Waals surface area contributed by atoms with E-state index >= 15 is 0 Å². The minimum Gasteiger partial charge on any atom is -0.378 e. The minimum absolute atomic E-state index is 0.596. The second-order valence-electron chi connectivity index (χ2n) is 3.11. The summed E-state index contributed by atoms with van der Waals surface area (Å²) in [6, 6.07) is 1.24. The van der Waals surface area contributed by atoms with E-state index in [1.165, 1.54) is 6.42 Å². The Morgan fingerprint density at radius 1 is 1.50 bits per heavy atom. The van der Waals surface area contributed by atoms with E-state index in [0.29, 0.717) is 12.1 Å². The van der Waals surface area contributed by atoms with E-state index in [-0.39, 0.29) is 0 Å². The Labute approximate surface area is 63.2 Å². The van der Waals surface area contributed by atoms with Gasteiger partial charge in [-0.05, 0) is 20.4 Å². The van der Waals surface area contributed by atoms with Crippen LogP contribution in [-0.2, 0) is 4.74 Å². The first-order valence-electron chi connectivity index (χ1n) is 4.05. The highest BCUT2D eigenvalue weighted by molar-refractivity contribution is 4.76. The summed E-state index contributed by atoms with van der Waals surface area (Å²) in [5.41, 5.74) is 0. The molecule has 2 nitrogen and oxygen atoms in total. The summed E-state index contributed by atoms with van der Waals surface area (Å²) in [5.74, 6) is 0. The molecule has 1 aliphatic heterocycles. The lowest BCUT2D eigenvalue weighted by molar-refractivity contribution is -0.0303. The van der Waals surface area contributed by atoms with Crippen LogP contribution in [0.25, 0.3) is 0 Å². The van der Waals surface area contributed by atoms with Crippen molar-refractivity contribution in [3.8, 4) is 0 Å². The van der Waals surface area contributed by atoms with Gasteiger partial charge < -0.3 is 4.74 Å². The third-order valence-electron chi connectivity index (χ3n) is 2.41. The number of morpholine rings is 1. The Kier molecular flexibility index (Phi) is 2.69. The van der Waals surface area contributed by atoms with Crippen LogP contribution in [0.15, 0.2) is 0 Å². The third kappa shape index (κ3) is 1.50. The normalized spacial score (nSPS) is 36.3. The Morgan fingerprint density at radius 3 is 2.70 bits per heavy atom. The van der Waals surface area contributed by atoms with Crippen LogP contribution in [-0.4, -0.2) is 37.2 Å². The molecule has 2 heteroatoms. The lowest BCUT2D eigenvalue weighted by atomic mass is 10.1. The zero-order valence-corrected chi connectivity index (χ0v) is 7.13. The van der Waals surface area contributed by atoms with Gasteiger partial charge in [-0.25, -0.2) is 0 Å². The zero-order valence-electron chi connectivity index (χ0n) is 7.13. The number of hydrogen-bond acceptors (Lipinski definition) is 2. The summed E-state index contributed by atoms with van der Waals surface area (Å²) in [5, 5.41) is 0. The summed E-state index contributed by atoms with van der Waals surface area (Å²) in [7, 11) is 2.18.